The van der Waals surface area contributed by atoms with Crippen LogP contribution in [0.3, 0.4) is 0 Å². The second-order valence-corrected chi connectivity index (χ2v) is 7.99. The van der Waals surface area contributed by atoms with Crippen molar-refractivity contribution in [2.75, 3.05) is 26.2 Å². The fraction of sp³-hybridized carbons (Fsp3) is 0.409. The molecular formula is C22H26F2N6O. The van der Waals surface area contributed by atoms with Crippen molar-refractivity contribution in [1.82, 2.24) is 29.5 Å². The third-order valence-electron chi connectivity index (χ3n) is 6.07. The Morgan fingerprint density at radius 2 is 1.81 bits per heavy atom. The Morgan fingerprint density at radius 3 is 2.45 bits per heavy atom. The van der Waals surface area contributed by atoms with Crippen molar-refractivity contribution >= 4 is 0 Å². The van der Waals surface area contributed by atoms with Crippen molar-refractivity contribution in [2.45, 2.75) is 31.7 Å². The Labute approximate surface area is 180 Å². The van der Waals surface area contributed by atoms with E-state index in [2.05, 4.69) is 24.9 Å². The molecule has 3 heterocycles. The maximum absolute atomic E-state index is 14.7. The number of aromatic nitrogens is 4. The molecule has 1 fully saturated rings. The highest BCUT2D eigenvalue weighted by Crippen LogP contribution is 2.33. The molecular weight excluding hydrogens is 402 g/mol. The van der Waals surface area contributed by atoms with Gasteiger partial charge in [-0.15, -0.1) is 0 Å². The second kappa shape index (κ2) is 9.17. The lowest BCUT2D eigenvalue weighted by molar-refractivity contribution is -0.0743. The predicted octanol–water partition coefficient (Wildman–Crippen LogP) is 2.05. The van der Waals surface area contributed by atoms with Gasteiger partial charge in [0.2, 0.25) is 0 Å². The first-order chi connectivity index (χ1) is 15.0. The van der Waals surface area contributed by atoms with E-state index in [0.29, 0.717) is 13.1 Å². The standard InChI is InChI=1S/C22H26F2N6O/c1-17(29-10-8-28(9-11-29)13-18-4-6-25-7-5-18)22(31,14-30-16-26-15-27-30)20-3-2-19(23)12-21(20)24/h2-7,12,15-17,31H,8-11,13-14H2,1H3. The summed E-state index contributed by atoms with van der Waals surface area (Å²) in [6.07, 6.45) is 6.42. The van der Waals surface area contributed by atoms with Gasteiger partial charge in [0.15, 0.2) is 0 Å². The van der Waals surface area contributed by atoms with E-state index in [1.165, 1.54) is 35.0 Å². The van der Waals surface area contributed by atoms with E-state index in [1.54, 1.807) is 12.4 Å². The molecule has 0 amide bonds. The van der Waals surface area contributed by atoms with Gasteiger partial charge in [-0.2, -0.15) is 5.10 Å². The van der Waals surface area contributed by atoms with E-state index in [-0.39, 0.29) is 12.1 Å². The molecule has 1 aliphatic heterocycles. The fourth-order valence-corrected chi connectivity index (χ4v) is 4.20. The topological polar surface area (TPSA) is 70.3 Å². The number of rotatable bonds is 7. The Kier molecular flexibility index (Phi) is 6.35. The second-order valence-electron chi connectivity index (χ2n) is 7.99. The molecule has 164 valence electrons. The third-order valence-corrected chi connectivity index (χ3v) is 6.07. The lowest BCUT2D eigenvalue weighted by atomic mass is 9.85. The van der Waals surface area contributed by atoms with Gasteiger partial charge in [-0.05, 0) is 30.7 Å². The Hall–Kier alpha value is -2.75. The van der Waals surface area contributed by atoms with Gasteiger partial charge in [0, 0.05) is 62.8 Å². The number of pyridine rings is 1. The van der Waals surface area contributed by atoms with Crippen LogP contribution < -0.4 is 0 Å². The molecule has 1 aliphatic rings. The summed E-state index contributed by atoms with van der Waals surface area (Å²) in [6, 6.07) is 6.87. The normalized spacial score (nSPS) is 18.6. The average Bonchev–Trinajstić information content (AvgIpc) is 3.27. The summed E-state index contributed by atoms with van der Waals surface area (Å²) in [5.74, 6) is -1.45. The number of aliphatic hydroxyl groups is 1. The summed E-state index contributed by atoms with van der Waals surface area (Å²) < 4.78 is 29.7. The van der Waals surface area contributed by atoms with Gasteiger partial charge in [0.25, 0.3) is 0 Å². The number of hydrogen-bond donors (Lipinski definition) is 1. The van der Waals surface area contributed by atoms with Crippen molar-refractivity contribution in [1.29, 1.82) is 0 Å². The van der Waals surface area contributed by atoms with E-state index in [4.69, 9.17) is 0 Å². The van der Waals surface area contributed by atoms with Crippen LogP contribution in [0.15, 0.2) is 55.4 Å². The molecule has 2 unspecified atom stereocenters. The largest absolute Gasteiger partial charge is 0.381 e. The quantitative estimate of drug-likeness (QED) is 0.621. The molecule has 4 rings (SSSR count). The Bertz CT molecular complexity index is 979. The van der Waals surface area contributed by atoms with Gasteiger partial charge in [-0.1, -0.05) is 6.07 Å². The summed E-state index contributed by atoms with van der Waals surface area (Å²) in [7, 11) is 0. The number of benzene rings is 1. The summed E-state index contributed by atoms with van der Waals surface area (Å²) >= 11 is 0. The first kappa shape index (κ1) is 21.5. The van der Waals surface area contributed by atoms with Crippen LogP contribution in [0.2, 0.25) is 0 Å². The highest BCUT2D eigenvalue weighted by atomic mass is 19.1. The highest BCUT2D eigenvalue weighted by molar-refractivity contribution is 5.27. The molecule has 0 saturated carbocycles. The molecule has 31 heavy (non-hydrogen) atoms. The molecule has 0 radical (unpaired) electrons. The highest BCUT2D eigenvalue weighted by Gasteiger charge is 2.42. The first-order valence-corrected chi connectivity index (χ1v) is 10.3. The summed E-state index contributed by atoms with van der Waals surface area (Å²) in [5.41, 5.74) is -0.359. The fourth-order valence-electron chi connectivity index (χ4n) is 4.20. The van der Waals surface area contributed by atoms with E-state index in [0.717, 1.165) is 25.7 Å². The van der Waals surface area contributed by atoms with Crippen LogP contribution >= 0.6 is 0 Å². The molecule has 3 aromatic rings. The zero-order valence-corrected chi connectivity index (χ0v) is 17.4. The van der Waals surface area contributed by atoms with Crippen molar-refractivity contribution in [3.63, 3.8) is 0 Å². The molecule has 0 bridgehead atoms. The zero-order chi connectivity index (χ0) is 21.8. The average molecular weight is 428 g/mol. The van der Waals surface area contributed by atoms with Gasteiger partial charge < -0.3 is 5.11 Å². The minimum Gasteiger partial charge on any atom is -0.381 e. The minimum absolute atomic E-state index is 0.00789. The summed E-state index contributed by atoms with van der Waals surface area (Å²) in [6.45, 7) is 5.78. The van der Waals surface area contributed by atoms with Gasteiger partial charge in [0.1, 0.15) is 29.9 Å². The van der Waals surface area contributed by atoms with Crippen molar-refractivity contribution < 1.29 is 13.9 Å². The summed E-state index contributed by atoms with van der Waals surface area (Å²) in [4.78, 5) is 12.5. The van der Waals surface area contributed by atoms with E-state index in [9.17, 15) is 13.9 Å². The Morgan fingerprint density at radius 1 is 1.06 bits per heavy atom. The maximum atomic E-state index is 14.7. The van der Waals surface area contributed by atoms with Gasteiger partial charge >= 0.3 is 0 Å². The van der Waals surface area contributed by atoms with Crippen LogP contribution in [0, 0.1) is 11.6 Å². The number of halogens is 2. The molecule has 9 heteroatoms. The lowest BCUT2D eigenvalue weighted by Gasteiger charge is -2.45. The molecule has 1 saturated heterocycles. The number of piperazine rings is 1. The van der Waals surface area contributed by atoms with Crippen LogP contribution in [0.1, 0.15) is 18.1 Å². The molecule has 0 spiro atoms. The molecule has 1 N–H and O–H groups in total. The maximum Gasteiger partial charge on any atom is 0.137 e. The number of hydrogen-bond acceptors (Lipinski definition) is 6. The van der Waals surface area contributed by atoms with Crippen molar-refractivity contribution in [3.8, 4) is 0 Å². The van der Waals surface area contributed by atoms with E-state index >= 15 is 0 Å². The van der Waals surface area contributed by atoms with Crippen LogP contribution in [0.4, 0.5) is 8.78 Å². The predicted molar refractivity (Wildman–Crippen MR) is 111 cm³/mol. The monoisotopic (exact) mass is 428 g/mol. The summed E-state index contributed by atoms with van der Waals surface area (Å²) in [5, 5.41) is 15.8. The third kappa shape index (κ3) is 4.79. The van der Waals surface area contributed by atoms with E-state index in [1.807, 2.05) is 19.1 Å². The molecule has 0 aliphatic carbocycles. The molecule has 2 atom stereocenters. The first-order valence-electron chi connectivity index (χ1n) is 10.3. The molecule has 1 aromatic carbocycles. The van der Waals surface area contributed by atoms with E-state index < -0.39 is 23.3 Å². The van der Waals surface area contributed by atoms with Crippen LogP contribution in [-0.2, 0) is 18.7 Å². The molecule has 2 aromatic heterocycles. The zero-order valence-electron chi connectivity index (χ0n) is 17.4. The van der Waals surface area contributed by atoms with Crippen LogP contribution in [0.5, 0.6) is 0 Å². The number of nitrogens with zero attached hydrogens (tertiary/aromatic N) is 6. The van der Waals surface area contributed by atoms with Crippen molar-refractivity contribution in [3.05, 3.63) is 78.1 Å². The van der Waals surface area contributed by atoms with Crippen molar-refractivity contribution in [2.24, 2.45) is 0 Å². The van der Waals surface area contributed by atoms with Crippen LogP contribution in [0.25, 0.3) is 0 Å². The Balaban J connectivity index is 1.51. The minimum atomic E-state index is -1.61. The molecule has 7 nitrogen and oxygen atoms in total. The SMILES string of the molecule is CC(N1CCN(Cc2ccncc2)CC1)C(O)(Cn1cncn1)c1ccc(F)cc1F. The lowest BCUT2D eigenvalue weighted by Crippen LogP contribution is -2.57. The van der Waals surface area contributed by atoms with Gasteiger partial charge in [-0.25, -0.2) is 18.4 Å². The smallest absolute Gasteiger partial charge is 0.137 e. The van der Waals surface area contributed by atoms with Crippen LogP contribution in [-0.4, -0.2) is 66.9 Å². The van der Waals surface area contributed by atoms with Gasteiger partial charge in [-0.3, -0.25) is 14.8 Å². The van der Waals surface area contributed by atoms with Gasteiger partial charge in [0.05, 0.1) is 6.54 Å².